The molecule has 1 unspecified atom stereocenters. The van der Waals surface area contributed by atoms with Gasteiger partial charge in [-0.25, -0.2) is 0 Å². The van der Waals surface area contributed by atoms with Crippen molar-refractivity contribution in [1.29, 1.82) is 0 Å². The number of carbonyl (C=O) groups is 1. The van der Waals surface area contributed by atoms with Gasteiger partial charge in [-0.1, -0.05) is 0 Å². The highest BCUT2D eigenvalue weighted by molar-refractivity contribution is 5.76. The van der Waals surface area contributed by atoms with Crippen LogP contribution in [0.1, 0.15) is 25.0 Å². The summed E-state index contributed by atoms with van der Waals surface area (Å²) in [6.45, 7) is 2.75. The maximum atomic E-state index is 11.7. The monoisotopic (exact) mass is 250 g/mol. The van der Waals surface area contributed by atoms with Crippen molar-refractivity contribution in [3.8, 4) is 0 Å². The summed E-state index contributed by atoms with van der Waals surface area (Å²) in [5, 5.41) is 10.6. The molecule has 0 aliphatic carbocycles. The molecule has 5 nitrogen and oxygen atoms in total. The van der Waals surface area contributed by atoms with Crippen LogP contribution in [0, 0.1) is 5.92 Å². The Hall–Kier alpha value is -1.36. The Balaban J connectivity index is 1.62. The van der Waals surface area contributed by atoms with Gasteiger partial charge in [0.15, 0.2) is 0 Å². The first-order chi connectivity index (χ1) is 8.74. The zero-order valence-electron chi connectivity index (χ0n) is 11.0. The van der Waals surface area contributed by atoms with Crippen LogP contribution < -0.4 is 10.6 Å². The molecule has 2 heterocycles. The molecule has 1 aliphatic heterocycles. The third kappa shape index (κ3) is 4.14. The zero-order valence-corrected chi connectivity index (χ0v) is 11.0. The van der Waals surface area contributed by atoms with Gasteiger partial charge in [-0.3, -0.25) is 9.48 Å². The molecule has 2 rings (SSSR count). The Morgan fingerprint density at radius 3 is 3.22 bits per heavy atom. The number of piperidine rings is 1. The lowest BCUT2D eigenvalue weighted by atomic mass is 9.96. The van der Waals surface area contributed by atoms with Crippen molar-refractivity contribution >= 4 is 5.91 Å². The number of aromatic nitrogens is 2. The van der Waals surface area contributed by atoms with E-state index in [1.165, 1.54) is 12.8 Å². The smallest absolute Gasteiger partial charge is 0.220 e. The fraction of sp³-hybridized carbons (Fsp3) is 0.692. The summed E-state index contributed by atoms with van der Waals surface area (Å²) in [6.07, 6.45) is 5.72. The third-order valence-electron chi connectivity index (χ3n) is 3.35. The van der Waals surface area contributed by atoms with E-state index in [9.17, 15) is 4.79 Å². The lowest BCUT2D eigenvalue weighted by Crippen LogP contribution is -2.34. The van der Waals surface area contributed by atoms with Crippen molar-refractivity contribution in [3.05, 3.63) is 18.0 Å². The van der Waals surface area contributed by atoms with Crippen molar-refractivity contribution in [2.45, 2.75) is 25.7 Å². The standard InChI is InChI=1S/C13H22N4O/c1-17-8-5-12(16-17)4-7-15-13(18)9-11-3-2-6-14-10-11/h5,8,11,14H,2-4,6-7,9-10H2,1H3,(H,15,18). The van der Waals surface area contributed by atoms with Gasteiger partial charge in [0.1, 0.15) is 0 Å². The lowest BCUT2D eigenvalue weighted by Gasteiger charge is -2.21. The Morgan fingerprint density at radius 1 is 1.67 bits per heavy atom. The Labute approximate surface area is 108 Å². The van der Waals surface area contributed by atoms with Crippen LogP contribution in [0.4, 0.5) is 0 Å². The molecule has 0 saturated carbocycles. The first-order valence-electron chi connectivity index (χ1n) is 6.70. The van der Waals surface area contributed by atoms with E-state index in [0.717, 1.165) is 25.2 Å². The summed E-state index contributed by atoms with van der Waals surface area (Å²) in [7, 11) is 1.90. The molecular formula is C13H22N4O. The molecule has 1 atom stereocenters. The summed E-state index contributed by atoms with van der Waals surface area (Å²) in [6, 6.07) is 1.98. The molecule has 1 aromatic rings. The molecule has 0 radical (unpaired) electrons. The van der Waals surface area contributed by atoms with Gasteiger partial charge in [0.25, 0.3) is 0 Å². The normalized spacial score (nSPS) is 19.7. The number of aryl methyl sites for hydroxylation is 1. The van der Waals surface area contributed by atoms with Crippen LogP contribution in [0.3, 0.4) is 0 Å². The van der Waals surface area contributed by atoms with E-state index in [0.29, 0.717) is 18.9 Å². The Bertz CT molecular complexity index is 382. The van der Waals surface area contributed by atoms with Crippen LogP contribution in [0.2, 0.25) is 0 Å². The van der Waals surface area contributed by atoms with E-state index in [-0.39, 0.29) is 5.91 Å². The van der Waals surface area contributed by atoms with Crippen LogP contribution in [0.15, 0.2) is 12.3 Å². The van der Waals surface area contributed by atoms with Crippen molar-refractivity contribution < 1.29 is 4.79 Å². The summed E-state index contributed by atoms with van der Waals surface area (Å²) in [5.74, 6) is 0.674. The van der Waals surface area contributed by atoms with Crippen LogP contribution in [0.25, 0.3) is 0 Å². The van der Waals surface area contributed by atoms with Crippen molar-refractivity contribution in [2.24, 2.45) is 13.0 Å². The molecule has 0 spiro atoms. The molecule has 100 valence electrons. The minimum Gasteiger partial charge on any atom is -0.356 e. The van der Waals surface area contributed by atoms with Crippen LogP contribution in [0.5, 0.6) is 0 Å². The van der Waals surface area contributed by atoms with Crippen LogP contribution in [-0.4, -0.2) is 35.3 Å². The van der Waals surface area contributed by atoms with E-state index in [2.05, 4.69) is 15.7 Å². The first kappa shape index (κ1) is 13.1. The summed E-state index contributed by atoms with van der Waals surface area (Å²) in [4.78, 5) is 11.7. The molecule has 1 fully saturated rings. The largest absolute Gasteiger partial charge is 0.356 e. The minimum atomic E-state index is 0.166. The van der Waals surface area contributed by atoms with Gasteiger partial charge in [0, 0.05) is 32.6 Å². The molecule has 5 heteroatoms. The van der Waals surface area contributed by atoms with Crippen molar-refractivity contribution in [3.63, 3.8) is 0 Å². The maximum Gasteiger partial charge on any atom is 0.220 e. The molecule has 0 bridgehead atoms. The van der Waals surface area contributed by atoms with Crippen molar-refractivity contribution in [1.82, 2.24) is 20.4 Å². The van der Waals surface area contributed by atoms with E-state index >= 15 is 0 Å². The first-order valence-corrected chi connectivity index (χ1v) is 6.70. The average Bonchev–Trinajstić information content (AvgIpc) is 2.76. The SMILES string of the molecule is Cn1ccc(CCNC(=O)CC2CCCNC2)n1. The quantitative estimate of drug-likeness (QED) is 0.798. The highest BCUT2D eigenvalue weighted by Gasteiger charge is 2.16. The number of nitrogens with zero attached hydrogens (tertiary/aromatic N) is 2. The van der Waals surface area contributed by atoms with Gasteiger partial charge in [0.05, 0.1) is 5.69 Å². The van der Waals surface area contributed by atoms with Gasteiger partial charge in [0.2, 0.25) is 5.91 Å². The summed E-state index contributed by atoms with van der Waals surface area (Å²) >= 11 is 0. The van der Waals surface area contributed by atoms with Crippen LogP contribution in [-0.2, 0) is 18.3 Å². The zero-order chi connectivity index (χ0) is 12.8. The average molecular weight is 250 g/mol. The lowest BCUT2D eigenvalue weighted by molar-refractivity contribution is -0.122. The van der Waals surface area contributed by atoms with Gasteiger partial charge >= 0.3 is 0 Å². The highest BCUT2D eigenvalue weighted by atomic mass is 16.1. The van der Waals surface area contributed by atoms with Crippen molar-refractivity contribution in [2.75, 3.05) is 19.6 Å². The predicted molar refractivity (Wildman–Crippen MR) is 70.1 cm³/mol. The molecule has 1 saturated heterocycles. The number of amides is 1. The number of hydrogen-bond donors (Lipinski definition) is 2. The topological polar surface area (TPSA) is 59.0 Å². The fourth-order valence-corrected chi connectivity index (χ4v) is 2.36. The maximum absolute atomic E-state index is 11.7. The molecule has 0 aromatic carbocycles. The van der Waals surface area contributed by atoms with E-state index < -0.39 is 0 Å². The summed E-state index contributed by atoms with van der Waals surface area (Å²) < 4.78 is 1.78. The molecule has 18 heavy (non-hydrogen) atoms. The van der Waals surface area contributed by atoms with Gasteiger partial charge in [-0.2, -0.15) is 5.10 Å². The van der Waals surface area contributed by atoms with Gasteiger partial charge in [-0.05, 0) is 37.9 Å². The molecule has 1 aromatic heterocycles. The second kappa shape index (κ2) is 6.54. The molecule has 1 aliphatic rings. The molecular weight excluding hydrogens is 228 g/mol. The second-order valence-corrected chi connectivity index (χ2v) is 5.00. The van der Waals surface area contributed by atoms with E-state index in [1.54, 1.807) is 4.68 Å². The number of hydrogen-bond acceptors (Lipinski definition) is 3. The van der Waals surface area contributed by atoms with E-state index in [1.807, 2.05) is 19.3 Å². The Kier molecular flexibility index (Phi) is 4.75. The Morgan fingerprint density at radius 2 is 2.56 bits per heavy atom. The molecule has 1 amide bonds. The number of carbonyl (C=O) groups excluding carboxylic acids is 1. The van der Waals surface area contributed by atoms with E-state index in [4.69, 9.17) is 0 Å². The predicted octanol–water partition coefficient (Wildman–Crippen LogP) is 0.469. The second-order valence-electron chi connectivity index (χ2n) is 5.00. The summed E-state index contributed by atoms with van der Waals surface area (Å²) in [5.41, 5.74) is 1.03. The van der Waals surface area contributed by atoms with Gasteiger partial charge < -0.3 is 10.6 Å². The highest BCUT2D eigenvalue weighted by Crippen LogP contribution is 2.13. The van der Waals surface area contributed by atoms with Gasteiger partial charge in [-0.15, -0.1) is 0 Å². The third-order valence-corrected chi connectivity index (χ3v) is 3.35. The fourth-order valence-electron chi connectivity index (χ4n) is 2.36. The number of nitrogens with one attached hydrogen (secondary N) is 2. The number of rotatable bonds is 5. The van der Waals surface area contributed by atoms with Crippen LogP contribution >= 0.6 is 0 Å². The molecule has 2 N–H and O–H groups in total. The minimum absolute atomic E-state index is 0.166.